The number of benzene rings is 2. The van der Waals surface area contributed by atoms with E-state index in [1.807, 2.05) is 30.3 Å². The van der Waals surface area contributed by atoms with Crippen LogP contribution in [0.2, 0.25) is 0 Å². The molecule has 2 heterocycles. The minimum atomic E-state index is -3.95. The lowest BCUT2D eigenvalue weighted by Crippen LogP contribution is -2.51. The van der Waals surface area contributed by atoms with Crippen LogP contribution in [0.5, 0.6) is 0 Å². The van der Waals surface area contributed by atoms with E-state index < -0.39 is 22.2 Å². The second-order valence-electron chi connectivity index (χ2n) is 8.08. The highest BCUT2D eigenvalue weighted by Gasteiger charge is 2.44. The minimum Gasteiger partial charge on any atom is -0.399 e. The van der Waals surface area contributed by atoms with E-state index in [4.69, 9.17) is 4.84 Å². The summed E-state index contributed by atoms with van der Waals surface area (Å²) in [5.41, 5.74) is 2.39. The molecule has 2 aliphatic rings. The molecule has 2 aromatic carbocycles. The summed E-state index contributed by atoms with van der Waals surface area (Å²) in [5, 5.41) is 13.9. The Balaban J connectivity index is 1.62. The van der Waals surface area contributed by atoms with Crippen molar-refractivity contribution in [3.63, 3.8) is 0 Å². The minimum absolute atomic E-state index is 0.0105. The Hall–Kier alpha value is -2.75. The van der Waals surface area contributed by atoms with Gasteiger partial charge in [-0.05, 0) is 36.1 Å². The number of piperidine rings is 1. The number of β-amino-alcohol motifs (C(OH)–C–C–N with tert-alkyl or cyclic N) is 1. The molecule has 2 atom stereocenters. The Morgan fingerprint density at radius 1 is 1.09 bits per heavy atom. The average molecular weight is 458 g/mol. The van der Waals surface area contributed by atoms with Crippen molar-refractivity contribution in [2.24, 2.45) is 5.16 Å². The average Bonchev–Trinajstić information content (AvgIpc) is 3.24. The number of carbonyl (C=O) groups excluding carboxylic acids is 1. The largest absolute Gasteiger partial charge is 0.399 e. The normalized spacial score (nSPS) is 23.4. The van der Waals surface area contributed by atoms with Gasteiger partial charge in [0, 0.05) is 19.5 Å². The van der Waals surface area contributed by atoms with Crippen LogP contribution in [0.1, 0.15) is 19.3 Å². The molecule has 2 aromatic rings. The molecule has 8 nitrogen and oxygen atoms in total. The number of hydrogen-bond acceptors (Lipinski definition) is 6. The van der Waals surface area contributed by atoms with Gasteiger partial charge in [0.15, 0.2) is 0 Å². The Bertz CT molecular complexity index is 1090. The first kappa shape index (κ1) is 22.4. The van der Waals surface area contributed by atoms with E-state index in [0.29, 0.717) is 25.1 Å². The van der Waals surface area contributed by atoms with Crippen molar-refractivity contribution in [1.29, 1.82) is 0 Å². The van der Waals surface area contributed by atoms with Crippen LogP contribution in [0.25, 0.3) is 11.1 Å². The SMILES string of the molecule is CON=C1CC(C(=O)N2CCCC(O)C2)N(S(=O)(=O)c2ccc(-c3ccccc3)cc2)C1. The van der Waals surface area contributed by atoms with E-state index in [-0.39, 0.29) is 30.3 Å². The number of likely N-dealkylation sites (tertiary alicyclic amines) is 1. The van der Waals surface area contributed by atoms with Crippen LogP contribution in [-0.4, -0.2) is 73.2 Å². The number of hydrogen-bond donors (Lipinski definition) is 1. The quantitative estimate of drug-likeness (QED) is 0.694. The van der Waals surface area contributed by atoms with Gasteiger partial charge < -0.3 is 14.8 Å². The maximum absolute atomic E-state index is 13.5. The van der Waals surface area contributed by atoms with Crippen molar-refractivity contribution < 1.29 is 23.2 Å². The van der Waals surface area contributed by atoms with Crippen LogP contribution in [0.4, 0.5) is 0 Å². The molecule has 2 fully saturated rings. The van der Waals surface area contributed by atoms with Crippen LogP contribution >= 0.6 is 0 Å². The first-order valence-corrected chi connectivity index (χ1v) is 12.1. The summed E-state index contributed by atoms with van der Waals surface area (Å²) in [6.07, 6.45) is 0.907. The lowest BCUT2D eigenvalue weighted by molar-refractivity contribution is -0.137. The monoisotopic (exact) mass is 457 g/mol. The molecule has 2 saturated heterocycles. The molecule has 2 aliphatic heterocycles. The molecule has 0 saturated carbocycles. The Morgan fingerprint density at radius 2 is 1.78 bits per heavy atom. The number of rotatable bonds is 5. The van der Waals surface area contributed by atoms with Gasteiger partial charge in [0.25, 0.3) is 0 Å². The summed E-state index contributed by atoms with van der Waals surface area (Å²) < 4.78 is 28.2. The van der Waals surface area contributed by atoms with E-state index in [0.717, 1.165) is 11.1 Å². The molecular weight excluding hydrogens is 430 g/mol. The molecule has 32 heavy (non-hydrogen) atoms. The highest BCUT2D eigenvalue weighted by molar-refractivity contribution is 7.89. The molecule has 0 aliphatic carbocycles. The van der Waals surface area contributed by atoms with Crippen molar-refractivity contribution in [1.82, 2.24) is 9.21 Å². The lowest BCUT2D eigenvalue weighted by Gasteiger charge is -2.34. The molecule has 0 bridgehead atoms. The van der Waals surface area contributed by atoms with Gasteiger partial charge in [-0.15, -0.1) is 0 Å². The topological polar surface area (TPSA) is 99.5 Å². The predicted molar refractivity (Wildman–Crippen MR) is 120 cm³/mol. The van der Waals surface area contributed by atoms with E-state index in [2.05, 4.69) is 5.16 Å². The zero-order valence-corrected chi connectivity index (χ0v) is 18.7. The maximum atomic E-state index is 13.5. The van der Waals surface area contributed by atoms with E-state index in [1.54, 1.807) is 29.2 Å². The van der Waals surface area contributed by atoms with Gasteiger partial charge in [-0.1, -0.05) is 47.6 Å². The number of sulfonamides is 1. The molecule has 4 rings (SSSR count). The number of carbonyl (C=O) groups is 1. The van der Waals surface area contributed by atoms with Crippen molar-refractivity contribution in [2.45, 2.75) is 36.3 Å². The molecule has 1 amide bonds. The second kappa shape index (κ2) is 9.40. The van der Waals surface area contributed by atoms with Crippen molar-refractivity contribution in [3.8, 4) is 11.1 Å². The molecule has 9 heteroatoms. The third-order valence-electron chi connectivity index (χ3n) is 5.90. The number of nitrogens with zero attached hydrogens (tertiary/aromatic N) is 3. The molecule has 0 radical (unpaired) electrons. The predicted octanol–water partition coefficient (Wildman–Crippen LogP) is 2.10. The summed E-state index contributed by atoms with van der Waals surface area (Å²) in [6.45, 7) is 0.706. The summed E-state index contributed by atoms with van der Waals surface area (Å²) >= 11 is 0. The smallest absolute Gasteiger partial charge is 0.244 e. The lowest BCUT2D eigenvalue weighted by atomic mass is 10.1. The van der Waals surface area contributed by atoms with Crippen LogP contribution in [0.3, 0.4) is 0 Å². The van der Waals surface area contributed by atoms with Crippen molar-refractivity contribution >= 4 is 21.6 Å². The molecule has 1 N–H and O–H groups in total. The highest BCUT2D eigenvalue weighted by Crippen LogP contribution is 2.29. The Kier molecular flexibility index (Phi) is 6.59. The zero-order valence-electron chi connectivity index (χ0n) is 17.9. The number of aliphatic hydroxyl groups is 1. The molecule has 0 spiro atoms. The summed E-state index contributed by atoms with van der Waals surface area (Å²) in [4.78, 5) is 19.8. The fourth-order valence-electron chi connectivity index (χ4n) is 4.29. The zero-order chi connectivity index (χ0) is 22.7. The van der Waals surface area contributed by atoms with Gasteiger partial charge in [-0.3, -0.25) is 4.79 Å². The Morgan fingerprint density at radius 3 is 2.44 bits per heavy atom. The summed E-state index contributed by atoms with van der Waals surface area (Å²) in [5.74, 6) is -0.311. The Labute approximate surface area is 188 Å². The van der Waals surface area contributed by atoms with Crippen molar-refractivity contribution in [2.75, 3.05) is 26.7 Å². The van der Waals surface area contributed by atoms with Crippen LogP contribution < -0.4 is 0 Å². The van der Waals surface area contributed by atoms with Gasteiger partial charge in [0.05, 0.1) is 23.3 Å². The van der Waals surface area contributed by atoms with Crippen molar-refractivity contribution in [3.05, 3.63) is 54.6 Å². The number of aliphatic hydroxyl groups excluding tert-OH is 1. The van der Waals surface area contributed by atoms with E-state index in [1.165, 1.54) is 11.4 Å². The van der Waals surface area contributed by atoms with Crippen LogP contribution in [0, 0.1) is 0 Å². The van der Waals surface area contributed by atoms with Gasteiger partial charge >= 0.3 is 0 Å². The number of amides is 1. The third kappa shape index (κ3) is 4.55. The first-order valence-electron chi connectivity index (χ1n) is 10.6. The number of oxime groups is 1. The van der Waals surface area contributed by atoms with Gasteiger partial charge in [0.2, 0.25) is 15.9 Å². The molecule has 2 unspecified atom stereocenters. The molecular formula is C23H27N3O5S. The van der Waals surface area contributed by atoms with E-state index >= 15 is 0 Å². The van der Waals surface area contributed by atoms with Crippen LogP contribution in [0.15, 0.2) is 64.6 Å². The third-order valence-corrected chi connectivity index (χ3v) is 7.77. The fourth-order valence-corrected chi connectivity index (χ4v) is 5.86. The summed E-state index contributed by atoms with van der Waals surface area (Å²) in [6, 6.07) is 15.4. The maximum Gasteiger partial charge on any atom is 0.244 e. The molecule has 170 valence electrons. The standard InChI is InChI=1S/C23H27N3O5S/c1-31-24-19-14-22(23(28)25-13-5-8-20(27)16-25)26(15-19)32(29,30)21-11-9-18(10-12-21)17-6-3-2-4-7-17/h2-4,6-7,9-12,20,22,27H,5,8,13-16H2,1H3. The van der Waals surface area contributed by atoms with Gasteiger partial charge in [0.1, 0.15) is 13.2 Å². The first-order chi connectivity index (χ1) is 15.4. The summed E-state index contributed by atoms with van der Waals surface area (Å²) in [7, 11) is -2.56. The van der Waals surface area contributed by atoms with E-state index in [9.17, 15) is 18.3 Å². The van der Waals surface area contributed by atoms with Gasteiger partial charge in [-0.2, -0.15) is 4.31 Å². The fraction of sp³-hybridized carbons (Fsp3) is 0.391. The van der Waals surface area contributed by atoms with Gasteiger partial charge in [-0.25, -0.2) is 8.42 Å². The highest BCUT2D eigenvalue weighted by atomic mass is 32.2. The second-order valence-corrected chi connectivity index (χ2v) is 9.97. The molecule has 0 aromatic heterocycles. The van der Waals surface area contributed by atoms with Crippen LogP contribution in [-0.2, 0) is 19.7 Å².